The van der Waals surface area contributed by atoms with Gasteiger partial charge in [-0.1, -0.05) is 0 Å². The van der Waals surface area contributed by atoms with Gasteiger partial charge in [0.1, 0.15) is 5.76 Å². The second-order valence-electron chi connectivity index (χ2n) is 4.15. The lowest BCUT2D eigenvalue weighted by molar-refractivity contribution is 0.515. The minimum atomic E-state index is 0.672. The molecule has 0 atom stereocenters. The predicted octanol–water partition coefficient (Wildman–Crippen LogP) is 2.66. The molecular formula is C13H17N3O. The van der Waals surface area contributed by atoms with Crippen molar-refractivity contribution in [3.8, 4) is 0 Å². The lowest BCUT2D eigenvalue weighted by Gasteiger charge is -2.16. The molecule has 4 heteroatoms. The maximum absolute atomic E-state index is 5.39. The topological polar surface area (TPSA) is 41.3 Å². The predicted molar refractivity (Wildman–Crippen MR) is 69.3 cm³/mol. The summed E-state index contributed by atoms with van der Waals surface area (Å²) in [5.41, 5.74) is 2.17. The molecule has 0 aliphatic heterocycles. The van der Waals surface area contributed by atoms with Gasteiger partial charge in [0.15, 0.2) is 5.82 Å². The third kappa shape index (κ3) is 2.58. The summed E-state index contributed by atoms with van der Waals surface area (Å²) in [6.07, 6.45) is 3.50. The summed E-state index contributed by atoms with van der Waals surface area (Å²) < 4.78 is 5.39. The number of rotatable bonds is 4. The van der Waals surface area contributed by atoms with E-state index in [1.165, 1.54) is 0 Å². The summed E-state index contributed by atoms with van der Waals surface area (Å²) in [5.74, 6) is 1.88. The molecule has 0 spiro atoms. The summed E-state index contributed by atoms with van der Waals surface area (Å²) >= 11 is 0. The van der Waals surface area contributed by atoms with Crippen molar-refractivity contribution in [1.82, 2.24) is 4.98 Å². The van der Waals surface area contributed by atoms with Crippen LogP contribution < -0.4 is 10.2 Å². The summed E-state index contributed by atoms with van der Waals surface area (Å²) in [6, 6.07) is 5.90. The van der Waals surface area contributed by atoms with Crippen molar-refractivity contribution < 1.29 is 4.42 Å². The average Bonchev–Trinajstić information content (AvgIpc) is 2.72. The third-order valence-corrected chi connectivity index (χ3v) is 2.62. The van der Waals surface area contributed by atoms with Crippen LogP contribution in [0.1, 0.15) is 11.3 Å². The molecule has 2 aromatic heterocycles. The fourth-order valence-electron chi connectivity index (χ4n) is 1.65. The van der Waals surface area contributed by atoms with Gasteiger partial charge in [-0.2, -0.15) is 0 Å². The molecule has 2 aromatic rings. The number of hydrogen-bond acceptors (Lipinski definition) is 4. The van der Waals surface area contributed by atoms with Crippen molar-refractivity contribution in [2.45, 2.75) is 13.5 Å². The van der Waals surface area contributed by atoms with Crippen molar-refractivity contribution in [3.05, 3.63) is 42.0 Å². The molecule has 0 unspecified atom stereocenters. The van der Waals surface area contributed by atoms with E-state index >= 15 is 0 Å². The average molecular weight is 231 g/mol. The summed E-state index contributed by atoms with van der Waals surface area (Å²) in [6.45, 7) is 2.71. The van der Waals surface area contributed by atoms with Crippen LogP contribution in [0.15, 0.2) is 35.1 Å². The Morgan fingerprint density at radius 3 is 2.82 bits per heavy atom. The third-order valence-electron chi connectivity index (χ3n) is 2.62. The molecular weight excluding hydrogens is 214 g/mol. The van der Waals surface area contributed by atoms with Crippen molar-refractivity contribution in [2.24, 2.45) is 0 Å². The fraction of sp³-hybridized carbons (Fsp3) is 0.308. The standard InChI is InChI=1S/C13H17N3O/c1-10-6-8-17-12(10)9-15-11-5-4-7-14-13(11)16(2)3/h4-8,15H,9H2,1-3H3. The number of nitrogens with one attached hydrogen (secondary N) is 1. The molecule has 0 amide bonds. The van der Waals surface area contributed by atoms with Gasteiger partial charge >= 0.3 is 0 Å². The smallest absolute Gasteiger partial charge is 0.151 e. The van der Waals surface area contributed by atoms with E-state index in [2.05, 4.69) is 10.3 Å². The Bertz CT molecular complexity index is 491. The van der Waals surface area contributed by atoms with E-state index in [0.29, 0.717) is 6.54 Å². The number of nitrogens with zero attached hydrogens (tertiary/aromatic N) is 2. The quantitative estimate of drug-likeness (QED) is 0.878. The first-order valence-corrected chi connectivity index (χ1v) is 5.57. The van der Waals surface area contributed by atoms with E-state index in [1.54, 1.807) is 12.5 Å². The largest absolute Gasteiger partial charge is 0.467 e. The first-order chi connectivity index (χ1) is 8.18. The molecule has 17 heavy (non-hydrogen) atoms. The first kappa shape index (κ1) is 11.5. The zero-order valence-electron chi connectivity index (χ0n) is 10.4. The monoisotopic (exact) mass is 231 g/mol. The molecule has 2 rings (SSSR count). The highest BCUT2D eigenvalue weighted by atomic mass is 16.3. The summed E-state index contributed by atoms with van der Waals surface area (Å²) in [5, 5.41) is 3.34. The van der Waals surface area contributed by atoms with Gasteiger partial charge in [0.05, 0.1) is 18.5 Å². The van der Waals surface area contributed by atoms with Crippen molar-refractivity contribution in [1.29, 1.82) is 0 Å². The number of aromatic nitrogens is 1. The maximum atomic E-state index is 5.39. The Morgan fingerprint density at radius 1 is 1.35 bits per heavy atom. The van der Waals surface area contributed by atoms with Gasteiger partial charge in [-0.05, 0) is 30.7 Å². The Morgan fingerprint density at radius 2 is 2.18 bits per heavy atom. The van der Waals surface area contributed by atoms with Crippen LogP contribution in [0.25, 0.3) is 0 Å². The Kier molecular flexibility index (Phi) is 3.32. The number of furan rings is 1. The molecule has 2 heterocycles. The molecule has 0 saturated carbocycles. The fourth-order valence-corrected chi connectivity index (χ4v) is 1.65. The first-order valence-electron chi connectivity index (χ1n) is 5.57. The second kappa shape index (κ2) is 4.91. The molecule has 0 saturated heterocycles. The van der Waals surface area contributed by atoms with Crippen LogP contribution in [0, 0.1) is 6.92 Å². The number of hydrogen-bond donors (Lipinski definition) is 1. The molecule has 0 fully saturated rings. The van der Waals surface area contributed by atoms with E-state index < -0.39 is 0 Å². The second-order valence-corrected chi connectivity index (χ2v) is 4.15. The highest BCUT2D eigenvalue weighted by Gasteiger charge is 2.06. The highest BCUT2D eigenvalue weighted by Crippen LogP contribution is 2.21. The Balaban J connectivity index is 2.11. The SMILES string of the molecule is Cc1ccoc1CNc1cccnc1N(C)C. The van der Waals surface area contributed by atoms with Crippen LogP contribution in [-0.2, 0) is 6.54 Å². The van der Waals surface area contributed by atoms with E-state index in [1.807, 2.05) is 44.1 Å². The zero-order chi connectivity index (χ0) is 12.3. The van der Waals surface area contributed by atoms with Gasteiger partial charge in [-0.15, -0.1) is 0 Å². The molecule has 1 N–H and O–H groups in total. The molecule has 0 aliphatic rings. The van der Waals surface area contributed by atoms with Gasteiger partial charge in [0, 0.05) is 20.3 Å². The van der Waals surface area contributed by atoms with Gasteiger partial charge in [0.25, 0.3) is 0 Å². The normalized spacial score (nSPS) is 10.3. The molecule has 4 nitrogen and oxygen atoms in total. The molecule has 0 radical (unpaired) electrons. The van der Waals surface area contributed by atoms with Crippen molar-refractivity contribution in [2.75, 3.05) is 24.3 Å². The number of anilines is 2. The van der Waals surface area contributed by atoms with Gasteiger partial charge in [0.2, 0.25) is 0 Å². The van der Waals surface area contributed by atoms with E-state index in [4.69, 9.17) is 4.42 Å². The molecule has 0 aromatic carbocycles. The zero-order valence-corrected chi connectivity index (χ0v) is 10.4. The van der Waals surface area contributed by atoms with E-state index in [-0.39, 0.29) is 0 Å². The Labute approximate surface area is 101 Å². The number of pyridine rings is 1. The van der Waals surface area contributed by atoms with Crippen LogP contribution in [0.3, 0.4) is 0 Å². The van der Waals surface area contributed by atoms with Gasteiger partial charge in [-0.25, -0.2) is 4.98 Å². The maximum Gasteiger partial charge on any atom is 0.151 e. The highest BCUT2D eigenvalue weighted by molar-refractivity contribution is 5.64. The van der Waals surface area contributed by atoms with Crippen LogP contribution in [0.2, 0.25) is 0 Å². The van der Waals surface area contributed by atoms with Gasteiger partial charge in [-0.3, -0.25) is 0 Å². The van der Waals surface area contributed by atoms with E-state index in [9.17, 15) is 0 Å². The minimum absolute atomic E-state index is 0.672. The lowest BCUT2D eigenvalue weighted by Crippen LogP contribution is -2.13. The minimum Gasteiger partial charge on any atom is -0.467 e. The molecule has 0 bridgehead atoms. The van der Waals surface area contributed by atoms with Crippen LogP contribution >= 0.6 is 0 Å². The molecule has 0 aliphatic carbocycles. The molecule has 90 valence electrons. The van der Waals surface area contributed by atoms with E-state index in [0.717, 1.165) is 22.8 Å². The summed E-state index contributed by atoms with van der Waals surface area (Å²) in [7, 11) is 3.96. The van der Waals surface area contributed by atoms with Crippen molar-refractivity contribution in [3.63, 3.8) is 0 Å². The van der Waals surface area contributed by atoms with Crippen LogP contribution in [-0.4, -0.2) is 19.1 Å². The van der Waals surface area contributed by atoms with Crippen LogP contribution in [0.5, 0.6) is 0 Å². The number of aryl methyl sites for hydroxylation is 1. The lowest BCUT2D eigenvalue weighted by atomic mass is 10.2. The van der Waals surface area contributed by atoms with Crippen molar-refractivity contribution >= 4 is 11.5 Å². The van der Waals surface area contributed by atoms with Crippen LogP contribution in [0.4, 0.5) is 11.5 Å². The summed E-state index contributed by atoms with van der Waals surface area (Å²) in [4.78, 5) is 6.32. The van der Waals surface area contributed by atoms with Gasteiger partial charge < -0.3 is 14.6 Å². The Hall–Kier alpha value is -1.97.